The number of likely N-dealkylation sites (N-methyl/N-ethyl adjacent to an activating group) is 1. The molecule has 0 bridgehead atoms. The van der Waals surface area contributed by atoms with Crippen LogP contribution < -0.4 is 11.3 Å². The van der Waals surface area contributed by atoms with Crippen LogP contribution in [0.15, 0.2) is 12.4 Å². The fourth-order valence-electron chi connectivity index (χ4n) is 1.93. The monoisotopic (exact) mass is 250 g/mol. The van der Waals surface area contributed by atoms with Crippen molar-refractivity contribution in [2.45, 2.75) is 13.0 Å². The van der Waals surface area contributed by atoms with E-state index in [1.54, 1.807) is 4.90 Å². The van der Waals surface area contributed by atoms with Gasteiger partial charge < -0.3 is 15.2 Å². The van der Waals surface area contributed by atoms with Gasteiger partial charge in [-0.05, 0) is 14.0 Å². The Bertz CT molecular complexity index is 437. The maximum absolute atomic E-state index is 12.3. The third-order valence-electron chi connectivity index (χ3n) is 3.25. The smallest absolute Gasteiger partial charge is 0.274 e. The van der Waals surface area contributed by atoms with Crippen LogP contribution in [-0.4, -0.2) is 58.4 Å². The summed E-state index contributed by atoms with van der Waals surface area (Å²) in [6, 6.07) is 0.353. The lowest BCUT2D eigenvalue weighted by atomic mass is 10.2. The molecule has 0 radical (unpaired) electrons. The van der Waals surface area contributed by atoms with Gasteiger partial charge in [0.15, 0.2) is 5.82 Å². The number of nitrogen functional groups attached to an aromatic ring is 1. The van der Waals surface area contributed by atoms with E-state index in [0.717, 1.165) is 6.54 Å². The second-order valence-corrected chi connectivity index (χ2v) is 4.51. The highest BCUT2D eigenvalue weighted by Gasteiger charge is 2.25. The molecule has 1 unspecified atom stereocenters. The Hall–Kier alpha value is -1.73. The fourth-order valence-corrected chi connectivity index (χ4v) is 1.93. The van der Waals surface area contributed by atoms with Crippen LogP contribution in [0.3, 0.4) is 0 Å². The molecule has 0 aliphatic carbocycles. The van der Waals surface area contributed by atoms with Crippen LogP contribution in [0.25, 0.3) is 0 Å². The highest BCUT2D eigenvalue weighted by atomic mass is 16.2. The average molecular weight is 250 g/mol. The van der Waals surface area contributed by atoms with Crippen LogP contribution in [0.2, 0.25) is 0 Å². The third kappa shape index (κ3) is 2.57. The van der Waals surface area contributed by atoms with Crippen LogP contribution >= 0.6 is 0 Å². The molecule has 1 fully saturated rings. The van der Waals surface area contributed by atoms with E-state index in [9.17, 15) is 4.79 Å². The van der Waals surface area contributed by atoms with E-state index in [1.165, 1.54) is 12.4 Å². The van der Waals surface area contributed by atoms with Gasteiger partial charge in [0.2, 0.25) is 0 Å². The first-order valence-corrected chi connectivity index (χ1v) is 5.90. The van der Waals surface area contributed by atoms with Crippen molar-refractivity contribution in [2.75, 3.05) is 32.1 Å². The van der Waals surface area contributed by atoms with Crippen molar-refractivity contribution in [3.8, 4) is 0 Å². The topological polar surface area (TPSA) is 87.4 Å². The molecule has 1 aliphatic heterocycles. The summed E-state index contributed by atoms with van der Waals surface area (Å²) in [5, 5.41) is 0. The van der Waals surface area contributed by atoms with Crippen molar-refractivity contribution < 1.29 is 4.79 Å². The van der Waals surface area contributed by atoms with Gasteiger partial charge in [-0.2, -0.15) is 0 Å². The quantitative estimate of drug-likeness (QED) is 0.545. The van der Waals surface area contributed by atoms with Crippen LogP contribution in [0.4, 0.5) is 5.82 Å². The summed E-state index contributed by atoms with van der Waals surface area (Å²) < 4.78 is 0. The second kappa shape index (κ2) is 5.28. The number of piperazine rings is 1. The van der Waals surface area contributed by atoms with Crippen LogP contribution in [0.1, 0.15) is 17.4 Å². The van der Waals surface area contributed by atoms with Gasteiger partial charge in [-0.3, -0.25) is 9.78 Å². The summed E-state index contributed by atoms with van der Waals surface area (Å²) in [7, 11) is 2.06. The van der Waals surface area contributed by atoms with E-state index in [1.807, 2.05) is 0 Å². The molecule has 1 aromatic rings. The SMILES string of the molecule is CC1CN(C(=O)c2cncc(NN)n2)CCN1C. The molecule has 1 amide bonds. The molecule has 0 saturated carbocycles. The summed E-state index contributed by atoms with van der Waals surface area (Å²) in [5.41, 5.74) is 2.71. The molecule has 18 heavy (non-hydrogen) atoms. The largest absolute Gasteiger partial charge is 0.334 e. The normalized spacial score (nSPS) is 20.8. The van der Waals surface area contributed by atoms with Gasteiger partial charge in [0.05, 0.1) is 12.4 Å². The van der Waals surface area contributed by atoms with E-state index in [0.29, 0.717) is 30.6 Å². The van der Waals surface area contributed by atoms with E-state index in [2.05, 4.69) is 34.3 Å². The number of rotatable bonds is 2. The van der Waals surface area contributed by atoms with Crippen LogP contribution in [-0.2, 0) is 0 Å². The molecule has 1 aromatic heterocycles. The molecule has 0 aromatic carbocycles. The molecule has 3 N–H and O–H groups in total. The van der Waals surface area contributed by atoms with Gasteiger partial charge in [0.25, 0.3) is 5.91 Å². The van der Waals surface area contributed by atoms with Gasteiger partial charge in [-0.25, -0.2) is 10.8 Å². The lowest BCUT2D eigenvalue weighted by Gasteiger charge is -2.37. The number of nitrogens with zero attached hydrogens (tertiary/aromatic N) is 4. The average Bonchev–Trinajstić information content (AvgIpc) is 2.41. The van der Waals surface area contributed by atoms with Crippen molar-refractivity contribution in [3.63, 3.8) is 0 Å². The summed E-state index contributed by atoms with van der Waals surface area (Å²) in [5.74, 6) is 5.55. The van der Waals surface area contributed by atoms with E-state index in [4.69, 9.17) is 5.84 Å². The molecule has 1 saturated heterocycles. The molecule has 2 heterocycles. The van der Waals surface area contributed by atoms with Crippen molar-refractivity contribution in [1.29, 1.82) is 0 Å². The summed E-state index contributed by atoms with van der Waals surface area (Å²) in [6.45, 7) is 4.39. The molecular weight excluding hydrogens is 232 g/mol. The minimum atomic E-state index is -0.0976. The molecule has 1 atom stereocenters. The third-order valence-corrected chi connectivity index (χ3v) is 3.25. The van der Waals surface area contributed by atoms with Gasteiger partial charge in [0.1, 0.15) is 5.69 Å². The zero-order valence-electron chi connectivity index (χ0n) is 10.6. The summed E-state index contributed by atoms with van der Waals surface area (Å²) >= 11 is 0. The fraction of sp³-hybridized carbons (Fsp3) is 0.545. The number of anilines is 1. The minimum Gasteiger partial charge on any atom is -0.334 e. The van der Waals surface area contributed by atoms with E-state index < -0.39 is 0 Å². The first kappa shape index (κ1) is 12.7. The number of carbonyl (C=O) groups excluding carboxylic acids is 1. The van der Waals surface area contributed by atoms with Crippen molar-refractivity contribution in [3.05, 3.63) is 18.1 Å². The van der Waals surface area contributed by atoms with E-state index in [-0.39, 0.29) is 5.91 Å². The molecule has 7 nitrogen and oxygen atoms in total. The number of aromatic nitrogens is 2. The standard InChI is InChI=1S/C11H18N6O/c1-8-7-17(4-3-16(8)2)11(18)9-5-13-6-10(14-9)15-12/h5-6,8H,3-4,7,12H2,1-2H3,(H,14,15). The van der Waals surface area contributed by atoms with Crippen LogP contribution in [0, 0.1) is 0 Å². The molecule has 98 valence electrons. The van der Waals surface area contributed by atoms with Gasteiger partial charge >= 0.3 is 0 Å². The Morgan fingerprint density at radius 1 is 1.50 bits per heavy atom. The van der Waals surface area contributed by atoms with Crippen molar-refractivity contribution in [2.24, 2.45) is 5.84 Å². The van der Waals surface area contributed by atoms with Crippen molar-refractivity contribution in [1.82, 2.24) is 19.8 Å². The number of nitrogens with one attached hydrogen (secondary N) is 1. The lowest BCUT2D eigenvalue weighted by Crippen LogP contribution is -2.52. The zero-order valence-corrected chi connectivity index (χ0v) is 10.6. The highest BCUT2D eigenvalue weighted by Crippen LogP contribution is 2.11. The molecular formula is C11H18N6O. The van der Waals surface area contributed by atoms with Crippen LogP contribution in [0.5, 0.6) is 0 Å². The molecule has 2 rings (SSSR count). The number of hydrogen-bond donors (Lipinski definition) is 2. The maximum atomic E-state index is 12.3. The van der Waals surface area contributed by atoms with Crippen molar-refractivity contribution >= 4 is 11.7 Å². The lowest BCUT2D eigenvalue weighted by molar-refractivity contribution is 0.0566. The first-order chi connectivity index (χ1) is 8.61. The second-order valence-electron chi connectivity index (χ2n) is 4.51. The molecule has 1 aliphatic rings. The number of hydrazine groups is 1. The number of carbonyl (C=O) groups is 1. The highest BCUT2D eigenvalue weighted by molar-refractivity contribution is 5.92. The van der Waals surface area contributed by atoms with Gasteiger partial charge in [0, 0.05) is 25.7 Å². The van der Waals surface area contributed by atoms with Gasteiger partial charge in [-0.15, -0.1) is 0 Å². The summed E-state index contributed by atoms with van der Waals surface area (Å²) in [6.07, 6.45) is 2.94. The Labute approximate surface area is 106 Å². The Morgan fingerprint density at radius 3 is 2.94 bits per heavy atom. The number of nitrogens with two attached hydrogens (primary N) is 1. The first-order valence-electron chi connectivity index (χ1n) is 5.90. The minimum absolute atomic E-state index is 0.0976. The number of amides is 1. The molecule has 0 spiro atoms. The zero-order chi connectivity index (χ0) is 13.1. The van der Waals surface area contributed by atoms with E-state index >= 15 is 0 Å². The summed E-state index contributed by atoms with van der Waals surface area (Å²) in [4.78, 5) is 24.3. The number of hydrogen-bond acceptors (Lipinski definition) is 6. The Balaban J connectivity index is 2.11. The maximum Gasteiger partial charge on any atom is 0.274 e. The predicted octanol–water partition coefficient (Wildman–Crippen LogP) is -0.462. The Morgan fingerprint density at radius 2 is 2.28 bits per heavy atom. The molecule has 7 heteroatoms. The van der Waals surface area contributed by atoms with Gasteiger partial charge in [-0.1, -0.05) is 0 Å². The Kier molecular flexibility index (Phi) is 3.73. The predicted molar refractivity (Wildman–Crippen MR) is 67.8 cm³/mol.